The first-order valence-corrected chi connectivity index (χ1v) is 9.52. The van der Waals surface area contributed by atoms with Crippen LogP contribution in [-0.2, 0) is 0 Å². The van der Waals surface area contributed by atoms with Crippen molar-refractivity contribution in [1.82, 2.24) is 9.97 Å². The van der Waals surface area contributed by atoms with Crippen molar-refractivity contribution in [3.05, 3.63) is 48.5 Å². The molecule has 2 rings (SSSR count). The van der Waals surface area contributed by atoms with Gasteiger partial charge in [-0.2, -0.15) is 0 Å². The van der Waals surface area contributed by atoms with Crippen LogP contribution in [0.2, 0.25) is 19.6 Å². The summed E-state index contributed by atoms with van der Waals surface area (Å²) in [7, 11) is -1.64. The number of rotatable bonds is 4. The number of para-hydroxylation sites is 2. The minimum absolute atomic E-state index is 0.828. The molecule has 0 N–H and O–H groups in total. The van der Waals surface area contributed by atoms with Crippen LogP contribution in [-0.4, -0.2) is 24.5 Å². The predicted octanol–water partition coefficient (Wildman–Crippen LogP) is 3.44. The molecule has 0 spiro atoms. The predicted molar refractivity (Wildman–Crippen MR) is 79.7 cm³/mol. The minimum atomic E-state index is -1.64. The second-order valence-corrected chi connectivity index (χ2v) is 9.54. The number of aromatic nitrogens is 2. The van der Waals surface area contributed by atoms with Crippen LogP contribution in [0.5, 0.6) is 5.75 Å². The fourth-order valence-electron chi connectivity index (χ4n) is 1.50. The molecular formula is C14H17N3OSi. The zero-order chi connectivity index (χ0) is 13.7. The Hall–Kier alpha value is -2.01. The lowest BCUT2D eigenvalue weighted by atomic mass is 10.3. The maximum atomic E-state index is 6.02. The molecule has 1 aromatic heterocycles. The maximum absolute atomic E-state index is 6.02. The van der Waals surface area contributed by atoms with Crippen molar-refractivity contribution in [2.75, 3.05) is 0 Å². The van der Waals surface area contributed by atoms with E-state index in [2.05, 4.69) is 34.6 Å². The molecule has 0 radical (unpaired) electrons. The molecule has 98 valence electrons. The zero-order valence-corrected chi connectivity index (χ0v) is 12.4. The number of nitrogens with zero attached hydrogens (tertiary/aromatic N) is 3. The molecule has 5 heteroatoms. The summed E-state index contributed by atoms with van der Waals surface area (Å²) in [5, 5.41) is 0. The highest BCUT2D eigenvalue weighted by atomic mass is 28.4. The number of aliphatic imine (C=N–C) groups is 1. The molecule has 0 bridgehead atoms. The Kier molecular flexibility index (Phi) is 4.06. The third-order valence-corrected chi connectivity index (χ3v) is 3.05. The van der Waals surface area contributed by atoms with Gasteiger partial charge in [0.1, 0.15) is 17.8 Å². The first kappa shape index (κ1) is 13.4. The van der Waals surface area contributed by atoms with Crippen LogP contribution in [0.25, 0.3) is 0 Å². The van der Waals surface area contributed by atoms with E-state index in [1.165, 1.54) is 6.33 Å². The van der Waals surface area contributed by atoms with Crippen LogP contribution in [0.15, 0.2) is 48.0 Å². The standard InChI is InChI=1S/C14H17N3OSi/c1-19(2,3)18-14-7-5-4-6-13(14)17-10-12-8-15-11-16-9-12/h4-11H,1-3H3. The smallest absolute Gasteiger partial charge is 0.242 e. The van der Waals surface area contributed by atoms with Crippen LogP contribution in [0, 0.1) is 0 Å². The second kappa shape index (κ2) is 5.75. The van der Waals surface area contributed by atoms with Crippen LogP contribution in [0.4, 0.5) is 5.69 Å². The van der Waals surface area contributed by atoms with Gasteiger partial charge in [-0.3, -0.25) is 4.99 Å². The Morgan fingerprint density at radius 2 is 1.79 bits per heavy atom. The van der Waals surface area contributed by atoms with Gasteiger partial charge in [-0.25, -0.2) is 9.97 Å². The first-order valence-electron chi connectivity index (χ1n) is 6.12. The van der Waals surface area contributed by atoms with Gasteiger partial charge in [0.15, 0.2) is 0 Å². The molecule has 0 saturated heterocycles. The molecule has 0 saturated carbocycles. The SMILES string of the molecule is C[Si](C)(C)Oc1ccccc1N=Cc1cncnc1. The van der Waals surface area contributed by atoms with Crippen molar-refractivity contribution in [1.29, 1.82) is 0 Å². The summed E-state index contributed by atoms with van der Waals surface area (Å²) in [5.74, 6) is 0.828. The Morgan fingerprint density at radius 3 is 2.47 bits per heavy atom. The quantitative estimate of drug-likeness (QED) is 0.632. The summed E-state index contributed by atoms with van der Waals surface area (Å²) in [5.41, 5.74) is 1.69. The number of hydrogen-bond donors (Lipinski definition) is 0. The minimum Gasteiger partial charge on any atom is -0.543 e. The van der Waals surface area contributed by atoms with Gasteiger partial charge in [0.2, 0.25) is 8.32 Å². The zero-order valence-electron chi connectivity index (χ0n) is 11.4. The van der Waals surface area contributed by atoms with Crippen LogP contribution in [0.1, 0.15) is 5.56 Å². The van der Waals surface area contributed by atoms with Crippen molar-refractivity contribution < 1.29 is 4.43 Å². The summed E-state index contributed by atoms with van der Waals surface area (Å²) in [6, 6.07) is 7.80. The Balaban J connectivity index is 2.23. The number of benzene rings is 1. The Labute approximate surface area is 114 Å². The topological polar surface area (TPSA) is 47.4 Å². The molecule has 2 aromatic rings. The third kappa shape index (κ3) is 4.29. The lowest BCUT2D eigenvalue weighted by molar-refractivity contribution is 0.559. The molecule has 0 unspecified atom stereocenters. The highest BCUT2D eigenvalue weighted by molar-refractivity contribution is 6.70. The molecule has 0 amide bonds. The molecule has 0 aliphatic carbocycles. The van der Waals surface area contributed by atoms with E-state index >= 15 is 0 Å². The second-order valence-electron chi connectivity index (χ2n) is 5.11. The van der Waals surface area contributed by atoms with E-state index in [-0.39, 0.29) is 0 Å². The van der Waals surface area contributed by atoms with Crippen molar-refractivity contribution in [2.45, 2.75) is 19.6 Å². The monoisotopic (exact) mass is 271 g/mol. The van der Waals surface area contributed by atoms with E-state index in [9.17, 15) is 0 Å². The van der Waals surface area contributed by atoms with E-state index in [1.807, 2.05) is 24.3 Å². The van der Waals surface area contributed by atoms with Gasteiger partial charge in [0.05, 0.1) is 0 Å². The van der Waals surface area contributed by atoms with Crippen molar-refractivity contribution in [3.63, 3.8) is 0 Å². The van der Waals surface area contributed by atoms with Crippen LogP contribution >= 0.6 is 0 Å². The summed E-state index contributed by atoms with van der Waals surface area (Å²) in [6.07, 6.45) is 6.68. The van der Waals surface area contributed by atoms with Crippen LogP contribution in [0.3, 0.4) is 0 Å². The van der Waals surface area contributed by atoms with Crippen LogP contribution < -0.4 is 4.43 Å². The fourth-order valence-corrected chi connectivity index (χ4v) is 2.33. The lowest BCUT2D eigenvalue weighted by Crippen LogP contribution is -2.29. The molecule has 0 aliphatic rings. The maximum Gasteiger partial charge on any atom is 0.242 e. The van der Waals surface area contributed by atoms with Gasteiger partial charge >= 0.3 is 0 Å². The van der Waals surface area contributed by atoms with E-state index < -0.39 is 8.32 Å². The lowest BCUT2D eigenvalue weighted by Gasteiger charge is -2.20. The van der Waals surface area contributed by atoms with E-state index in [4.69, 9.17) is 4.43 Å². The summed E-state index contributed by atoms with van der Waals surface area (Å²) >= 11 is 0. The molecule has 1 aromatic carbocycles. The Morgan fingerprint density at radius 1 is 1.11 bits per heavy atom. The Bertz CT molecular complexity index is 564. The summed E-state index contributed by atoms with van der Waals surface area (Å²) < 4.78 is 6.02. The first-order chi connectivity index (χ1) is 9.04. The number of hydrogen-bond acceptors (Lipinski definition) is 4. The molecule has 0 atom stereocenters. The summed E-state index contributed by atoms with van der Waals surface area (Å²) in [6.45, 7) is 6.45. The average molecular weight is 271 g/mol. The van der Waals surface area contributed by atoms with Crippen molar-refractivity contribution >= 4 is 20.2 Å². The molecule has 0 aliphatic heterocycles. The largest absolute Gasteiger partial charge is 0.543 e. The van der Waals surface area contributed by atoms with E-state index in [0.717, 1.165) is 17.0 Å². The fraction of sp³-hybridized carbons (Fsp3) is 0.214. The van der Waals surface area contributed by atoms with Crippen molar-refractivity contribution in [3.8, 4) is 5.75 Å². The molecular weight excluding hydrogens is 254 g/mol. The highest BCUT2D eigenvalue weighted by Gasteiger charge is 2.17. The van der Waals surface area contributed by atoms with Gasteiger partial charge in [-0.1, -0.05) is 12.1 Å². The molecule has 1 heterocycles. The summed E-state index contributed by atoms with van der Waals surface area (Å²) in [4.78, 5) is 12.4. The normalized spacial score (nSPS) is 11.7. The third-order valence-electron chi connectivity index (χ3n) is 2.21. The molecule has 19 heavy (non-hydrogen) atoms. The van der Waals surface area contributed by atoms with E-state index in [1.54, 1.807) is 18.6 Å². The highest BCUT2D eigenvalue weighted by Crippen LogP contribution is 2.29. The van der Waals surface area contributed by atoms with E-state index in [0.29, 0.717) is 0 Å². The average Bonchev–Trinajstić information content (AvgIpc) is 2.37. The van der Waals surface area contributed by atoms with Gasteiger partial charge in [-0.15, -0.1) is 0 Å². The van der Waals surface area contributed by atoms with Gasteiger partial charge < -0.3 is 4.43 Å². The van der Waals surface area contributed by atoms with Gasteiger partial charge in [0.25, 0.3) is 0 Å². The van der Waals surface area contributed by atoms with Gasteiger partial charge in [0, 0.05) is 24.2 Å². The van der Waals surface area contributed by atoms with Gasteiger partial charge in [-0.05, 0) is 31.8 Å². The molecule has 0 fully saturated rings. The van der Waals surface area contributed by atoms with Crippen molar-refractivity contribution in [2.24, 2.45) is 4.99 Å². The molecule has 4 nitrogen and oxygen atoms in total.